The first-order chi connectivity index (χ1) is 11.6. The number of likely N-dealkylation sites (tertiary alicyclic amines) is 1. The number of nitrogens with zero attached hydrogens (tertiary/aromatic N) is 1. The van der Waals surface area contributed by atoms with Crippen molar-refractivity contribution in [1.29, 1.82) is 0 Å². The number of methoxy groups -OCH3 is 1. The van der Waals surface area contributed by atoms with Crippen molar-refractivity contribution in [3.63, 3.8) is 0 Å². The molecule has 0 saturated carbocycles. The summed E-state index contributed by atoms with van der Waals surface area (Å²) in [7, 11) is 1.35. The Labute approximate surface area is 141 Å². The molecule has 0 unspecified atom stereocenters. The Hall–Kier alpha value is -2.08. The molecule has 1 aromatic carbocycles. The minimum atomic E-state index is -0.646. The van der Waals surface area contributed by atoms with Crippen LogP contribution in [0.5, 0.6) is 5.75 Å². The average Bonchev–Trinajstić information content (AvgIpc) is 2.96. The highest BCUT2D eigenvalue weighted by molar-refractivity contribution is 5.86. The second-order valence-electron chi connectivity index (χ2n) is 6.03. The topological polar surface area (TPSA) is 65.1 Å². The van der Waals surface area contributed by atoms with Crippen molar-refractivity contribution < 1.29 is 23.8 Å². The predicted octanol–water partition coefficient (Wildman–Crippen LogP) is 1.79. The molecule has 0 aliphatic carbocycles. The molecule has 0 spiro atoms. The molecular weight excluding hydrogens is 310 g/mol. The van der Waals surface area contributed by atoms with Crippen molar-refractivity contribution in [2.75, 3.05) is 26.9 Å². The van der Waals surface area contributed by atoms with Gasteiger partial charge < -0.3 is 14.2 Å². The highest BCUT2D eigenvalue weighted by Crippen LogP contribution is 2.50. The summed E-state index contributed by atoms with van der Waals surface area (Å²) in [5.74, 6) is -0.678. The maximum Gasteiger partial charge on any atom is 0.324 e. The lowest BCUT2D eigenvalue weighted by Crippen LogP contribution is -2.44. The summed E-state index contributed by atoms with van der Waals surface area (Å²) in [6, 6.07) is 7.08. The first-order valence-corrected chi connectivity index (χ1v) is 8.35. The fourth-order valence-corrected chi connectivity index (χ4v) is 4.05. The highest BCUT2D eigenvalue weighted by Gasteiger charge is 2.58. The van der Waals surface area contributed by atoms with E-state index in [-0.39, 0.29) is 30.5 Å². The maximum absolute atomic E-state index is 12.6. The molecule has 6 heteroatoms. The fraction of sp³-hybridized carbons (Fsp3) is 0.556. The van der Waals surface area contributed by atoms with Gasteiger partial charge in [-0.3, -0.25) is 14.5 Å². The molecule has 1 saturated heterocycles. The third-order valence-electron chi connectivity index (χ3n) is 4.96. The number of para-hydroxylation sites is 1. The summed E-state index contributed by atoms with van der Waals surface area (Å²) >= 11 is 0. The van der Waals surface area contributed by atoms with E-state index in [0.717, 1.165) is 11.3 Å². The zero-order valence-electron chi connectivity index (χ0n) is 14.2. The SMILES string of the molecule is CCOC(=O)[C@@H]1[C@@H](C(=O)OC)[C@H]2COc3ccccc3[C@H]2N1CC. The van der Waals surface area contributed by atoms with Gasteiger partial charge in [0.15, 0.2) is 0 Å². The summed E-state index contributed by atoms with van der Waals surface area (Å²) in [5.41, 5.74) is 1.01. The van der Waals surface area contributed by atoms with E-state index in [0.29, 0.717) is 13.2 Å². The molecule has 2 aliphatic heterocycles. The smallest absolute Gasteiger partial charge is 0.324 e. The monoisotopic (exact) mass is 333 g/mol. The molecule has 0 bridgehead atoms. The minimum absolute atomic E-state index is 0.0570. The number of benzene rings is 1. The van der Waals surface area contributed by atoms with E-state index in [1.807, 2.05) is 36.1 Å². The minimum Gasteiger partial charge on any atom is -0.493 e. The molecule has 3 rings (SSSR count). The first kappa shape index (κ1) is 16.8. The van der Waals surface area contributed by atoms with Gasteiger partial charge in [0.25, 0.3) is 0 Å². The van der Waals surface area contributed by atoms with Gasteiger partial charge in [-0.05, 0) is 19.5 Å². The van der Waals surface area contributed by atoms with Gasteiger partial charge in [0.1, 0.15) is 11.8 Å². The van der Waals surface area contributed by atoms with Crippen molar-refractivity contribution in [1.82, 2.24) is 4.90 Å². The Morgan fingerprint density at radius 2 is 2.00 bits per heavy atom. The van der Waals surface area contributed by atoms with Crippen LogP contribution >= 0.6 is 0 Å². The quantitative estimate of drug-likeness (QED) is 0.783. The normalized spacial score (nSPS) is 28.5. The number of ether oxygens (including phenoxy) is 3. The maximum atomic E-state index is 12.6. The van der Waals surface area contributed by atoms with Crippen LogP contribution in [0.4, 0.5) is 0 Å². The van der Waals surface area contributed by atoms with Gasteiger partial charge in [-0.2, -0.15) is 0 Å². The van der Waals surface area contributed by atoms with Gasteiger partial charge in [0.05, 0.1) is 26.2 Å². The number of carbonyl (C=O) groups is 2. The first-order valence-electron chi connectivity index (χ1n) is 8.35. The second kappa shape index (κ2) is 6.81. The Morgan fingerprint density at radius 3 is 2.67 bits per heavy atom. The van der Waals surface area contributed by atoms with Gasteiger partial charge in [-0.15, -0.1) is 0 Å². The number of hydrogen-bond acceptors (Lipinski definition) is 6. The van der Waals surface area contributed by atoms with E-state index < -0.39 is 12.0 Å². The second-order valence-corrected chi connectivity index (χ2v) is 6.03. The Balaban J connectivity index is 2.06. The molecule has 0 aromatic heterocycles. The van der Waals surface area contributed by atoms with Gasteiger partial charge in [0.2, 0.25) is 0 Å². The van der Waals surface area contributed by atoms with Crippen LogP contribution in [0.2, 0.25) is 0 Å². The van der Waals surface area contributed by atoms with E-state index in [1.165, 1.54) is 7.11 Å². The Kier molecular flexibility index (Phi) is 4.76. The van der Waals surface area contributed by atoms with Crippen LogP contribution in [0, 0.1) is 11.8 Å². The molecular formula is C18H23NO5. The van der Waals surface area contributed by atoms with E-state index in [2.05, 4.69) is 0 Å². The molecule has 0 radical (unpaired) electrons. The number of esters is 2. The Bertz CT molecular complexity index is 632. The van der Waals surface area contributed by atoms with Gasteiger partial charge in [-0.25, -0.2) is 0 Å². The number of fused-ring (bicyclic) bond motifs is 3. The molecule has 24 heavy (non-hydrogen) atoms. The molecule has 6 nitrogen and oxygen atoms in total. The summed E-state index contributed by atoms with van der Waals surface area (Å²) in [6.45, 7) is 5.05. The number of carbonyl (C=O) groups excluding carboxylic acids is 2. The fourth-order valence-electron chi connectivity index (χ4n) is 4.05. The van der Waals surface area contributed by atoms with E-state index >= 15 is 0 Å². The van der Waals surface area contributed by atoms with E-state index in [1.54, 1.807) is 6.92 Å². The van der Waals surface area contributed by atoms with Gasteiger partial charge in [0, 0.05) is 17.5 Å². The van der Waals surface area contributed by atoms with Crippen LogP contribution in [0.15, 0.2) is 24.3 Å². The van der Waals surface area contributed by atoms with Crippen LogP contribution in [0.1, 0.15) is 25.5 Å². The molecule has 0 N–H and O–H groups in total. The molecule has 2 heterocycles. The van der Waals surface area contributed by atoms with Crippen molar-refractivity contribution in [2.45, 2.75) is 25.9 Å². The summed E-state index contributed by atoms with van der Waals surface area (Å²) in [4.78, 5) is 27.1. The lowest BCUT2D eigenvalue weighted by molar-refractivity contribution is -0.158. The third-order valence-corrected chi connectivity index (χ3v) is 4.96. The zero-order valence-corrected chi connectivity index (χ0v) is 14.2. The van der Waals surface area contributed by atoms with Crippen LogP contribution in [-0.4, -0.2) is 49.7 Å². The Morgan fingerprint density at radius 1 is 1.25 bits per heavy atom. The van der Waals surface area contributed by atoms with Crippen molar-refractivity contribution in [3.05, 3.63) is 29.8 Å². The van der Waals surface area contributed by atoms with Gasteiger partial charge >= 0.3 is 11.9 Å². The molecule has 130 valence electrons. The number of hydrogen-bond donors (Lipinski definition) is 0. The number of rotatable bonds is 4. The van der Waals surface area contributed by atoms with Crippen LogP contribution in [0.3, 0.4) is 0 Å². The lowest BCUT2D eigenvalue weighted by Gasteiger charge is -2.34. The molecule has 0 amide bonds. The van der Waals surface area contributed by atoms with Crippen molar-refractivity contribution >= 4 is 11.9 Å². The van der Waals surface area contributed by atoms with E-state index in [4.69, 9.17) is 14.2 Å². The van der Waals surface area contributed by atoms with Gasteiger partial charge in [-0.1, -0.05) is 25.1 Å². The molecule has 1 aromatic rings. The summed E-state index contributed by atoms with van der Waals surface area (Å²) in [5, 5.41) is 0. The molecule has 2 aliphatic rings. The van der Waals surface area contributed by atoms with Crippen LogP contribution in [0.25, 0.3) is 0 Å². The van der Waals surface area contributed by atoms with Crippen LogP contribution in [-0.2, 0) is 19.1 Å². The van der Waals surface area contributed by atoms with Crippen molar-refractivity contribution in [2.24, 2.45) is 11.8 Å². The molecule has 1 fully saturated rings. The number of likely N-dealkylation sites (N-methyl/N-ethyl adjacent to an activating group) is 1. The third kappa shape index (κ3) is 2.55. The predicted molar refractivity (Wildman–Crippen MR) is 86.5 cm³/mol. The highest BCUT2D eigenvalue weighted by atomic mass is 16.5. The average molecular weight is 333 g/mol. The largest absolute Gasteiger partial charge is 0.493 e. The lowest BCUT2D eigenvalue weighted by atomic mass is 9.83. The van der Waals surface area contributed by atoms with Crippen LogP contribution < -0.4 is 4.74 Å². The molecule has 4 atom stereocenters. The zero-order chi connectivity index (χ0) is 17.3. The van der Waals surface area contributed by atoms with E-state index in [9.17, 15) is 9.59 Å². The van der Waals surface area contributed by atoms with Crippen molar-refractivity contribution in [3.8, 4) is 5.75 Å². The summed E-state index contributed by atoms with van der Waals surface area (Å²) in [6.07, 6.45) is 0. The standard InChI is InChI=1S/C18H23NO5/c1-4-19-15-11-8-6-7-9-13(11)24-10-12(15)14(17(20)22-3)16(19)18(21)23-5-2/h6-9,12,14-16H,4-5,10H2,1-3H3/t12-,14+,15-,16+/m1/s1. The summed E-state index contributed by atoms with van der Waals surface area (Å²) < 4.78 is 16.1.